The minimum atomic E-state index is -0.804. The van der Waals surface area contributed by atoms with E-state index >= 15 is 0 Å². The van der Waals surface area contributed by atoms with Crippen molar-refractivity contribution in [2.24, 2.45) is 0 Å². The molecule has 0 fully saturated rings. The third-order valence-electron chi connectivity index (χ3n) is 2.79. The molecule has 1 rings (SSSR count). The molecule has 0 saturated heterocycles. The molecule has 1 aromatic rings. The number of carbonyl (C=O) groups is 3. The summed E-state index contributed by atoms with van der Waals surface area (Å²) in [7, 11) is 0. The quantitative estimate of drug-likeness (QED) is 0.690. The molecule has 0 aromatic heterocycles. The van der Waals surface area contributed by atoms with E-state index in [1.165, 1.54) is 0 Å². The van der Waals surface area contributed by atoms with Crippen molar-refractivity contribution in [3.63, 3.8) is 0 Å². The molecule has 0 aliphatic heterocycles. The van der Waals surface area contributed by atoms with Crippen LogP contribution >= 0.6 is 0 Å². The number of rotatable bonds is 7. The van der Waals surface area contributed by atoms with Gasteiger partial charge in [0, 0.05) is 6.54 Å². The molecule has 0 aliphatic rings. The highest BCUT2D eigenvalue weighted by Gasteiger charge is 2.17. The number of nitrogens with one attached hydrogen (secondary N) is 3. The number of imide groups is 1. The molecule has 0 aliphatic carbocycles. The second-order valence-electron chi connectivity index (χ2n) is 6.24. The highest BCUT2D eigenvalue weighted by atomic mass is 16.6. The molecule has 3 amide bonds. The van der Waals surface area contributed by atoms with Gasteiger partial charge in [0.1, 0.15) is 5.60 Å². The number of hydrogen-bond donors (Lipinski definition) is 3. The van der Waals surface area contributed by atoms with E-state index in [-0.39, 0.29) is 19.0 Å². The van der Waals surface area contributed by atoms with Crippen LogP contribution in [0.4, 0.5) is 4.79 Å². The van der Waals surface area contributed by atoms with Crippen molar-refractivity contribution < 1.29 is 19.1 Å². The summed E-state index contributed by atoms with van der Waals surface area (Å²) in [4.78, 5) is 34.5. The standard InChI is InChI=1S/C17H25N3O4/c1-17(2,3)24-16(23)20-15(22)12-18-11-14(21)19-10-9-13-7-5-4-6-8-13/h4-8,18H,9-12H2,1-3H3,(H,19,21)(H,20,22,23). The predicted molar refractivity (Wildman–Crippen MR) is 90.4 cm³/mol. The molecule has 132 valence electrons. The Hall–Kier alpha value is -2.41. The second kappa shape index (κ2) is 9.67. The SMILES string of the molecule is CC(C)(C)OC(=O)NC(=O)CNCC(=O)NCCc1ccccc1. The Kier molecular flexibility index (Phi) is 7.91. The van der Waals surface area contributed by atoms with Crippen LogP contribution in [0, 0.1) is 0 Å². The Morgan fingerprint density at radius 1 is 1.00 bits per heavy atom. The first kappa shape index (κ1) is 19.6. The zero-order valence-electron chi connectivity index (χ0n) is 14.3. The molecule has 0 heterocycles. The topological polar surface area (TPSA) is 96.5 Å². The van der Waals surface area contributed by atoms with Gasteiger partial charge in [-0.1, -0.05) is 30.3 Å². The third-order valence-corrected chi connectivity index (χ3v) is 2.79. The molecule has 3 N–H and O–H groups in total. The molecule has 7 nitrogen and oxygen atoms in total. The van der Waals surface area contributed by atoms with Crippen LogP contribution in [0.1, 0.15) is 26.3 Å². The van der Waals surface area contributed by atoms with Crippen molar-refractivity contribution >= 4 is 17.9 Å². The van der Waals surface area contributed by atoms with Crippen LogP contribution in [0.3, 0.4) is 0 Å². The summed E-state index contributed by atoms with van der Waals surface area (Å²) in [6.07, 6.45) is -0.0623. The smallest absolute Gasteiger partial charge is 0.414 e. The molecule has 0 saturated carbocycles. The number of ether oxygens (including phenoxy) is 1. The molecule has 7 heteroatoms. The monoisotopic (exact) mass is 335 g/mol. The predicted octanol–water partition coefficient (Wildman–Crippen LogP) is 0.986. The maximum absolute atomic E-state index is 11.6. The average Bonchev–Trinajstić information content (AvgIpc) is 2.46. The summed E-state index contributed by atoms with van der Waals surface area (Å²) in [6.45, 7) is 5.48. The lowest BCUT2D eigenvalue weighted by molar-refractivity contribution is -0.121. The fourth-order valence-electron chi connectivity index (χ4n) is 1.80. The van der Waals surface area contributed by atoms with Crippen molar-refractivity contribution in [3.05, 3.63) is 35.9 Å². The average molecular weight is 335 g/mol. The lowest BCUT2D eigenvalue weighted by Crippen LogP contribution is -2.43. The van der Waals surface area contributed by atoms with E-state index in [0.717, 1.165) is 12.0 Å². The molecule has 0 atom stereocenters. The van der Waals surface area contributed by atoms with Gasteiger partial charge in [0.2, 0.25) is 11.8 Å². The van der Waals surface area contributed by atoms with Crippen LogP contribution < -0.4 is 16.0 Å². The summed E-state index contributed by atoms with van der Waals surface area (Å²) in [5, 5.41) is 7.50. The fourth-order valence-corrected chi connectivity index (χ4v) is 1.80. The van der Waals surface area contributed by atoms with Crippen molar-refractivity contribution in [2.45, 2.75) is 32.8 Å². The molecule has 0 unspecified atom stereocenters. The van der Waals surface area contributed by atoms with Gasteiger partial charge < -0.3 is 10.1 Å². The Morgan fingerprint density at radius 2 is 1.62 bits per heavy atom. The van der Waals surface area contributed by atoms with Gasteiger partial charge >= 0.3 is 6.09 Å². The van der Waals surface area contributed by atoms with Gasteiger partial charge in [-0.15, -0.1) is 0 Å². The summed E-state index contributed by atoms with van der Waals surface area (Å²) in [5.41, 5.74) is 0.471. The number of hydrogen-bond acceptors (Lipinski definition) is 5. The van der Waals surface area contributed by atoms with Crippen LogP contribution in [0.25, 0.3) is 0 Å². The van der Waals surface area contributed by atoms with Gasteiger partial charge in [0.25, 0.3) is 0 Å². The van der Waals surface area contributed by atoms with E-state index in [1.807, 2.05) is 30.3 Å². The first-order valence-electron chi connectivity index (χ1n) is 7.80. The number of alkyl carbamates (subject to hydrolysis) is 1. The second-order valence-corrected chi connectivity index (χ2v) is 6.24. The Morgan fingerprint density at radius 3 is 2.25 bits per heavy atom. The van der Waals surface area contributed by atoms with Crippen molar-refractivity contribution in [3.8, 4) is 0 Å². The maximum atomic E-state index is 11.6. The van der Waals surface area contributed by atoms with Crippen LogP contribution in [-0.2, 0) is 20.7 Å². The van der Waals surface area contributed by atoms with Crippen molar-refractivity contribution in [2.75, 3.05) is 19.6 Å². The van der Waals surface area contributed by atoms with Gasteiger partial charge in [-0.25, -0.2) is 4.79 Å². The Labute approximate surface area is 142 Å². The highest BCUT2D eigenvalue weighted by molar-refractivity contribution is 5.93. The molecular formula is C17H25N3O4. The molecule has 24 heavy (non-hydrogen) atoms. The van der Waals surface area contributed by atoms with Crippen LogP contribution in [0.2, 0.25) is 0 Å². The lowest BCUT2D eigenvalue weighted by atomic mass is 10.1. The highest BCUT2D eigenvalue weighted by Crippen LogP contribution is 2.06. The maximum Gasteiger partial charge on any atom is 0.414 e. The van der Waals surface area contributed by atoms with Gasteiger partial charge in [0.05, 0.1) is 13.1 Å². The van der Waals surface area contributed by atoms with Crippen LogP contribution in [0.5, 0.6) is 0 Å². The van der Waals surface area contributed by atoms with Gasteiger partial charge in [-0.2, -0.15) is 0 Å². The van der Waals surface area contributed by atoms with Gasteiger partial charge in [-0.05, 0) is 32.8 Å². The zero-order valence-corrected chi connectivity index (χ0v) is 14.3. The molecule has 0 spiro atoms. The third kappa shape index (κ3) is 9.58. The van der Waals surface area contributed by atoms with E-state index in [1.54, 1.807) is 20.8 Å². The first-order valence-corrected chi connectivity index (χ1v) is 7.80. The van der Waals surface area contributed by atoms with E-state index in [4.69, 9.17) is 4.74 Å². The summed E-state index contributed by atoms with van der Waals surface area (Å²) < 4.78 is 4.95. The summed E-state index contributed by atoms with van der Waals surface area (Å²) in [6, 6.07) is 9.81. The normalized spacial score (nSPS) is 10.8. The lowest BCUT2D eigenvalue weighted by Gasteiger charge is -2.19. The van der Waals surface area contributed by atoms with E-state index in [9.17, 15) is 14.4 Å². The molecule has 0 radical (unpaired) electrons. The zero-order chi connectivity index (χ0) is 18.0. The van der Waals surface area contributed by atoms with E-state index in [2.05, 4.69) is 16.0 Å². The van der Waals surface area contributed by atoms with Crippen molar-refractivity contribution in [1.29, 1.82) is 0 Å². The molecule has 1 aromatic carbocycles. The van der Waals surface area contributed by atoms with Crippen LogP contribution in [0.15, 0.2) is 30.3 Å². The van der Waals surface area contributed by atoms with Gasteiger partial charge in [-0.3, -0.25) is 20.2 Å². The minimum absolute atomic E-state index is 0.00344. The van der Waals surface area contributed by atoms with Crippen LogP contribution in [-0.4, -0.2) is 43.1 Å². The Bertz CT molecular complexity index is 553. The largest absolute Gasteiger partial charge is 0.444 e. The molecular weight excluding hydrogens is 310 g/mol. The Balaban J connectivity index is 2.12. The number of amides is 3. The first-order chi connectivity index (χ1) is 11.3. The van der Waals surface area contributed by atoms with Gasteiger partial charge in [0.15, 0.2) is 0 Å². The fraction of sp³-hybridized carbons (Fsp3) is 0.471. The summed E-state index contributed by atoms with van der Waals surface area (Å²) in [5.74, 6) is -0.766. The minimum Gasteiger partial charge on any atom is -0.444 e. The van der Waals surface area contributed by atoms with E-state index in [0.29, 0.717) is 6.54 Å². The van der Waals surface area contributed by atoms with Crippen molar-refractivity contribution in [1.82, 2.24) is 16.0 Å². The molecule has 0 bridgehead atoms. The van der Waals surface area contributed by atoms with E-state index < -0.39 is 17.6 Å². The number of carbonyl (C=O) groups excluding carboxylic acids is 3. The summed E-state index contributed by atoms with van der Waals surface area (Å²) >= 11 is 0. The number of benzene rings is 1.